The van der Waals surface area contributed by atoms with Crippen LogP contribution >= 0.6 is 0 Å². The molecule has 1 saturated heterocycles. The van der Waals surface area contributed by atoms with Gasteiger partial charge < -0.3 is 19.7 Å². The molecule has 168 valence electrons. The van der Waals surface area contributed by atoms with Crippen molar-refractivity contribution in [2.24, 2.45) is 5.92 Å². The molecule has 1 aliphatic carbocycles. The number of hydrogen-bond acceptors (Lipinski definition) is 5. The first kappa shape index (κ1) is 22.8. The summed E-state index contributed by atoms with van der Waals surface area (Å²) in [6, 6.07) is 6.53. The Morgan fingerprint density at radius 1 is 1.03 bits per heavy atom. The van der Waals surface area contributed by atoms with Gasteiger partial charge in [0.2, 0.25) is 5.91 Å². The van der Waals surface area contributed by atoms with E-state index in [9.17, 15) is 14.4 Å². The molecule has 31 heavy (non-hydrogen) atoms. The average Bonchev–Trinajstić information content (AvgIpc) is 2.79. The standard InChI is InChI=1S/C24H32N2O5/c1-2-30-24(29)31-21-11-9-19(10-12-21)23(28)26-16-14-20(15-17-26)25-22(27)13-8-18-6-4-3-5-7-18/h8-13,18,20H,2-7,14-17H2,1H3,(H,25,27)/b13-8+. The third kappa shape index (κ3) is 7.12. The number of rotatable bonds is 6. The Morgan fingerprint density at radius 3 is 2.35 bits per heavy atom. The van der Waals surface area contributed by atoms with Gasteiger partial charge in [0.05, 0.1) is 6.61 Å². The zero-order chi connectivity index (χ0) is 22.1. The lowest BCUT2D eigenvalue weighted by Gasteiger charge is -2.32. The number of piperidine rings is 1. The predicted molar refractivity (Wildman–Crippen MR) is 117 cm³/mol. The van der Waals surface area contributed by atoms with Crippen LogP contribution in [0.4, 0.5) is 4.79 Å². The molecule has 0 bridgehead atoms. The van der Waals surface area contributed by atoms with Gasteiger partial charge in [-0.25, -0.2) is 4.79 Å². The first-order chi connectivity index (χ1) is 15.0. The van der Waals surface area contributed by atoms with E-state index >= 15 is 0 Å². The van der Waals surface area contributed by atoms with E-state index in [1.807, 2.05) is 0 Å². The van der Waals surface area contributed by atoms with Crippen LogP contribution in [0.25, 0.3) is 0 Å². The molecule has 1 saturated carbocycles. The molecular formula is C24H32N2O5. The smallest absolute Gasteiger partial charge is 0.434 e. The van der Waals surface area contributed by atoms with Gasteiger partial charge >= 0.3 is 6.16 Å². The fraction of sp³-hybridized carbons (Fsp3) is 0.542. The summed E-state index contributed by atoms with van der Waals surface area (Å²) in [5.74, 6) is 0.767. The molecule has 0 unspecified atom stereocenters. The molecule has 2 fully saturated rings. The summed E-state index contributed by atoms with van der Waals surface area (Å²) in [5.41, 5.74) is 0.536. The van der Waals surface area contributed by atoms with Crippen LogP contribution in [-0.2, 0) is 9.53 Å². The highest BCUT2D eigenvalue weighted by Crippen LogP contribution is 2.24. The molecule has 2 amide bonds. The molecule has 0 radical (unpaired) electrons. The number of carbonyl (C=O) groups is 3. The fourth-order valence-corrected chi connectivity index (χ4v) is 4.12. The van der Waals surface area contributed by atoms with Gasteiger partial charge in [-0.1, -0.05) is 25.3 Å². The van der Waals surface area contributed by atoms with Crippen molar-refractivity contribution in [3.8, 4) is 5.75 Å². The van der Waals surface area contributed by atoms with Crippen molar-refractivity contribution in [2.45, 2.75) is 57.9 Å². The normalized spacial score (nSPS) is 18.0. The second-order valence-electron chi connectivity index (χ2n) is 8.14. The third-order valence-corrected chi connectivity index (χ3v) is 5.86. The second kappa shape index (κ2) is 11.5. The monoisotopic (exact) mass is 428 g/mol. The Kier molecular flexibility index (Phi) is 8.50. The number of amides is 2. The van der Waals surface area contributed by atoms with Gasteiger partial charge in [-0.15, -0.1) is 0 Å². The lowest BCUT2D eigenvalue weighted by molar-refractivity contribution is -0.117. The van der Waals surface area contributed by atoms with E-state index < -0.39 is 6.16 Å². The van der Waals surface area contributed by atoms with Crippen LogP contribution < -0.4 is 10.1 Å². The number of allylic oxidation sites excluding steroid dienone is 1. The Labute approximate surface area is 183 Å². The Balaban J connectivity index is 1.42. The van der Waals surface area contributed by atoms with Crippen LogP contribution in [0.1, 0.15) is 62.2 Å². The van der Waals surface area contributed by atoms with Crippen molar-refractivity contribution in [3.63, 3.8) is 0 Å². The highest BCUT2D eigenvalue weighted by Gasteiger charge is 2.24. The van der Waals surface area contributed by atoms with Crippen LogP contribution in [0.5, 0.6) is 5.75 Å². The molecule has 1 N–H and O–H groups in total. The largest absolute Gasteiger partial charge is 0.513 e. The van der Waals surface area contributed by atoms with Crippen molar-refractivity contribution in [3.05, 3.63) is 42.0 Å². The number of hydrogen-bond donors (Lipinski definition) is 1. The SMILES string of the molecule is CCOC(=O)Oc1ccc(C(=O)N2CCC(NC(=O)/C=C/C3CCCCC3)CC2)cc1. The fourth-order valence-electron chi connectivity index (χ4n) is 4.12. The second-order valence-corrected chi connectivity index (χ2v) is 8.14. The third-order valence-electron chi connectivity index (χ3n) is 5.86. The van der Waals surface area contributed by atoms with Gasteiger partial charge in [0.15, 0.2) is 0 Å². The summed E-state index contributed by atoms with van der Waals surface area (Å²) in [6.45, 7) is 3.13. The van der Waals surface area contributed by atoms with E-state index in [1.54, 1.807) is 42.2 Å². The molecule has 7 nitrogen and oxygen atoms in total. The van der Waals surface area contributed by atoms with Crippen LogP contribution in [0.3, 0.4) is 0 Å². The zero-order valence-corrected chi connectivity index (χ0v) is 18.2. The topological polar surface area (TPSA) is 84.9 Å². The highest BCUT2D eigenvalue weighted by molar-refractivity contribution is 5.94. The molecule has 3 rings (SSSR count). The van der Waals surface area contributed by atoms with Crippen molar-refractivity contribution in [1.29, 1.82) is 0 Å². The van der Waals surface area contributed by atoms with Gasteiger partial charge in [-0.2, -0.15) is 0 Å². The first-order valence-corrected chi connectivity index (χ1v) is 11.3. The summed E-state index contributed by atoms with van der Waals surface area (Å²) in [4.78, 5) is 38.1. The summed E-state index contributed by atoms with van der Waals surface area (Å²) >= 11 is 0. The maximum absolute atomic E-state index is 12.7. The van der Waals surface area contributed by atoms with Crippen LogP contribution in [0.15, 0.2) is 36.4 Å². The maximum Gasteiger partial charge on any atom is 0.513 e. The van der Waals surface area contributed by atoms with E-state index in [0.29, 0.717) is 30.3 Å². The molecule has 7 heteroatoms. The summed E-state index contributed by atoms with van der Waals surface area (Å²) in [5, 5.41) is 3.07. The van der Waals surface area contributed by atoms with Gasteiger partial charge in [0.25, 0.3) is 5.91 Å². The molecule has 0 aromatic heterocycles. The number of nitrogens with one attached hydrogen (secondary N) is 1. The quantitative estimate of drug-likeness (QED) is 0.419. The summed E-state index contributed by atoms with van der Waals surface area (Å²) < 4.78 is 9.74. The van der Waals surface area contributed by atoms with Crippen molar-refractivity contribution in [2.75, 3.05) is 19.7 Å². The van der Waals surface area contributed by atoms with Gasteiger partial charge in [0, 0.05) is 24.7 Å². The Hall–Kier alpha value is -2.83. The van der Waals surface area contributed by atoms with Crippen molar-refractivity contribution in [1.82, 2.24) is 10.2 Å². The Morgan fingerprint density at radius 2 is 1.71 bits per heavy atom. The maximum atomic E-state index is 12.7. The van der Waals surface area contributed by atoms with E-state index in [1.165, 1.54) is 32.1 Å². The number of benzene rings is 1. The molecular weight excluding hydrogens is 396 g/mol. The number of nitrogens with zero attached hydrogens (tertiary/aromatic N) is 1. The molecule has 1 aromatic rings. The molecule has 1 heterocycles. The lowest BCUT2D eigenvalue weighted by atomic mass is 9.89. The predicted octanol–water partition coefficient (Wildman–Crippen LogP) is 4.08. The first-order valence-electron chi connectivity index (χ1n) is 11.3. The number of carbonyl (C=O) groups excluding carboxylic acids is 3. The van der Waals surface area contributed by atoms with Crippen LogP contribution in [0, 0.1) is 5.92 Å². The molecule has 2 aliphatic rings. The highest BCUT2D eigenvalue weighted by atomic mass is 16.7. The van der Waals surface area contributed by atoms with Gasteiger partial charge in [-0.05, 0) is 68.9 Å². The lowest BCUT2D eigenvalue weighted by Crippen LogP contribution is -2.46. The van der Waals surface area contributed by atoms with Crippen LogP contribution in [-0.4, -0.2) is 48.6 Å². The zero-order valence-electron chi connectivity index (χ0n) is 18.2. The minimum absolute atomic E-state index is 0.0347. The minimum Gasteiger partial charge on any atom is -0.434 e. The molecule has 0 spiro atoms. The molecule has 1 aliphatic heterocycles. The van der Waals surface area contributed by atoms with E-state index in [4.69, 9.17) is 9.47 Å². The van der Waals surface area contributed by atoms with E-state index in [-0.39, 0.29) is 24.5 Å². The minimum atomic E-state index is -0.765. The molecule has 0 atom stereocenters. The van der Waals surface area contributed by atoms with E-state index in [0.717, 1.165) is 12.8 Å². The average molecular weight is 429 g/mol. The van der Waals surface area contributed by atoms with Crippen LogP contribution in [0.2, 0.25) is 0 Å². The Bertz CT molecular complexity index is 776. The van der Waals surface area contributed by atoms with Gasteiger partial charge in [0.1, 0.15) is 5.75 Å². The molecule has 1 aromatic carbocycles. The van der Waals surface area contributed by atoms with E-state index in [2.05, 4.69) is 11.4 Å². The van der Waals surface area contributed by atoms with Crippen molar-refractivity contribution < 1.29 is 23.9 Å². The number of ether oxygens (including phenoxy) is 2. The van der Waals surface area contributed by atoms with Gasteiger partial charge in [-0.3, -0.25) is 9.59 Å². The number of likely N-dealkylation sites (tertiary alicyclic amines) is 1. The van der Waals surface area contributed by atoms with Crippen molar-refractivity contribution >= 4 is 18.0 Å². The summed E-state index contributed by atoms with van der Waals surface area (Å²) in [6.07, 6.45) is 10.6. The summed E-state index contributed by atoms with van der Waals surface area (Å²) in [7, 11) is 0.